The Morgan fingerprint density at radius 1 is 0.771 bits per heavy atom. The highest BCUT2D eigenvalue weighted by Gasteiger charge is 2.35. The molecular formula is C36H39N9O3. The van der Waals surface area contributed by atoms with Crippen molar-refractivity contribution in [3.8, 4) is 33.9 Å². The minimum Gasteiger partial charge on any atom is -0.444 e. The summed E-state index contributed by atoms with van der Waals surface area (Å²) < 4.78 is 5.61. The van der Waals surface area contributed by atoms with Gasteiger partial charge in [0.2, 0.25) is 5.91 Å². The molecule has 2 fully saturated rings. The number of aromatic amines is 2. The standard InChI is InChI=1S/C36H39N9O3/c1-36(2,3)48-35(47)45-16-6-9-30(45)34-41-22-28(43-34)26-19-38-32(39-20-26)25-12-10-24(11-13-25)27-21-40-33(42-27)29-8-5-15-44(29)31(46)17-23-7-4-14-37-18-23/h4,7,10-14,18-22,29-30H,5-6,8-9,15-17H2,1-3H3,(H,40,42)(H,41,43)/t29-,30-/m0/s1. The van der Waals surface area contributed by atoms with Crippen LogP contribution in [0.3, 0.4) is 0 Å². The van der Waals surface area contributed by atoms with E-state index >= 15 is 0 Å². The number of rotatable bonds is 7. The second kappa shape index (κ2) is 13.0. The highest BCUT2D eigenvalue weighted by Crippen LogP contribution is 2.34. The number of ether oxygens (including phenoxy) is 1. The van der Waals surface area contributed by atoms with Crippen LogP contribution in [-0.4, -0.2) is 75.4 Å². The van der Waals surface area contributed by atoms with Crippen LogP contribution in [0.25, 0.3) is 33.9 Å². The summed E-state index contributed by atoms with van der Waals surface area (Å²) in [5, 5.41) is 0. The van der Waals surface area contributed by atoms with Gasteiger partial charge in [0, 0.05) is 49.0 Å². The zero-order chi connectivity index (χ0) is 33.3. The second-order valence-electron chi connectivity index (χ2n) is 13.4. The number of pyridine rings is 1. The summed E-state index contributed by atoms with van der Waals surface area (Å²) in [6.45, 7) is 6.98. The molecule has 0 unspecified atom stereocenters. The van der Waals surface area contributed by atoms with E-state index in [2.05, 4.69) is 34.9 Å². The summed E-state index contributed by atoms with van der Waals surface area (Å²) in [7, 11) is 0. The number of carbonyl (C=O) groups is 2. The van der Waals surface area contributed by atoms with Crippen molar-refractivity contribution in [2.24, 2.45) is 0 Å². The molecule has 4 aromatic heterocycles. The lowest BCUT2D eigenvalue weighted by Crippen LogP contribution is -2.36. The summed E-state index contributed by atoms with van der Waals surface area (Å²) in [5.41, 5.74) is 4.72. The van der Waals surface area contributed by atoms with E-state index in [4.69, 9.17) is 4.74 Å². The molecule has 1 aromatic carbocycles. The van der Waals surface area contributed by atoms with Crippen molar-refractivity contribution in [1.82, 2.24) is 44.7 Å². The minimum atomic E-state index is -0.553. The number of imidazole rings is 2. The lowest BCUT2D eigenvalue weighted by molar-refractivity contribution is -0.131. The Morgan fingerprint density at radius 3 is 2.00 bits per heavy atom. The molecule has 12 heteroatoms. The first-order chi connectivity index (χ1) is 23.2. The Balaban J connectivity index is 0.998. The lowest BCUT2D eigenvalue weighted by Gasteiger charge is -2.27. The minimum absolute atomic E-state index is 0.0675. The van der Waals surface area contributed by atoms with E-state index in [0.29, 0.717) is 18.8 Å². The Kier molecular flexibility index (Phi) is 8.47. The Hall–Kier alpha value is -5.39. The van der Waals surface area contributed by atoms with Crippen molar-refractivity contribution in [2.75, 3.05) is 13.1 Å². The molecule has 5 aromatic rings. The molecule has 12 nitrogen and oxygen atoms in total. The predicted octanol–water partition coefficient (Wildman–Crippen LogP) is 6.30. The number of H-pyrrole nitrogens is 2. The molecule has 7 rings (SSSR count). The molecule has 2 aliphatic heterocycles. The van der Waals surface area contributed by atoms with Crippen molar-refractivity contribution >= 4 is 12.0 Å². The highest BCUT2D eigenvalue weighted by atomic mass is 16.6. The van der Waals surface area contributed by atoms with Gasteiger partial charge in [-0.1, -0.05) is 30.3 Å². The van der Waals surface area contributed by atoms with Crippen molar-refractivity contribution < 1.29 is 14.3 Å². The molecule has 2 N–H and O–H groups in total. The maximum atomic E-state index is 13.1. The number of hydrogen-bond donors (Lipinski definition) is 2. The quantitative estimate of drug-likeness (QED) is 0.210. The summed E-state index contributed by atoms with van der Waals surface area (Å²) >= 11 is 0. The zero-order valence-corrected chi connectivity index (χ0v) is 27.4. The maximum absolute atomic E-state index is 13.1. The van der Waals surface area contributed by atoms with Gasteiger partial charge >= 0.3 is 6.09 Å². The topological polar surface area (TPSA) is 146 Å². The van der Waals surface area contributed by atoms with Gasteiger partial charge in [0.15, 0.2) is 5.82 Å². The maximum Gasteiger partial charge on any atom is 0.410 e. The molecule has 0 radical (unpaired) electrons. The lowest BCUT2D eigenvalue weighted by atomic mass is 10.1. The van der Waals surface area contributed by atoms with Gasteiger partial charge in [-0.2, -0.15) is 0 Å². The van der Waals surface area contributed by atoms with Crippen LogP contribution < -0.4 is 0 Å². The summed E-state index contributed by atoms with van der Waals surface area (Å²) in [4.78, 5) is 59.0. The van der Waals surface area contributed by atoms with Crippen LogP contribution in [0.1, 0.15) is 75.8 Å². The fourth-order valence-electron chi connectivity index (χ4n) is 6.44. The fourth-order valence-corrected chi connectivity index (χ4v) is 6.44. The smallest absolute Gasteiger partial charge is 0.410 e. The van der Waals surface area contributed by atoms with Crippen LogP contribution in [0.5, 0.6) is 0 Å². The molecule has 2 aliphatic rings. The van der Waals surface area contributed by atoms with Crippen LogP contribution in [0.4, 0.5) is 4.79 Å². The van der Waals surface area contributed by atoms with Crippen LogP contribution in [-0.2, 0) is 16.0 Å². The highest BCUT2D eigenvalue weighted by molar-refractivity contribution is 5.79. The van der Waals surface area contributed by atoms with Crippen LogP contribution in [0.2, 0.25) is 0 Å². The molecule has 0 bridgehead atoms. The number of carbonyl (C=O) groups excluding carboxylic acids is 2. The van der Waals surface area contributed by atoms with Crippen LogP contribution in [0.15, 0.2) is 73.6 Å². The third-order valence-corrected chi connectivity index (χ3v) is 8.77. The van der Waals surface area contributed by atoms with E-state index in [9.17, 15) is 9.59 Å². The van der Waals surface area contributed by atoms with E-state index in [1.54, 1.807) is 35.9 Å². The summed E-state index contributed by atoms with van der Waals surface area (Å²) in [6.07, 6.45) is 14.1. The monoisotopic (exact) mass is 645 g/mol. The Bertz CT molecular complexity index is 1880. The second-order valence-corrected chi connectivity index (χ2v) is 13.4. The third kappa shape index (κ3) is 6.69. The summed E-state index contributed by atoms with van der Waals surface area (Å²) in [5.74, 6) is 2.23. The third-order valence-electron chi connectivity index (χ3n) is 8.77. The van der Waals surface area contributed by atoms with Crippen molar-refractivity contribution in [3.63, 3.8) is 0 Å². The first kappa shape index (κ1) is 31.2. The van der Waals surface area contributed by atoms with Gasteiger partial charge in [0.05, 0.1) is 42.3 Å². The summed E-state index contributed by atoms with van der Waals surface area (Å²) in [6, 6.07) is 11.6. The molecule has 0 spiro atoms. The van der Waals surface area contributed by atoms with Gasteiger partial charge in [-0.15, -0.1) is 0 Å². The predicted molar refractivity (Wildman–Crippen MR) is 179 cm³/mol. The average Bonchev–Trinajstić information content (AvgIpc) is 3.91. The van der Waals surface area contributed by atoms with Crippen LogP contribution >= 0.6 is 0 Å². The number of benzene rings is 1. The number of nitrogens with zero attached hydrogens (tertiary/aromatic N) is 7. The molecular weight excluding hydrogens is 606 g/mol. The molecule has 246 valence electrons. The van der Waals surface area contributed by atoms with E-state index in [1.165, 1.54) is 0 Å². The van der Waals surface area contributed by atoms with E-state index < -0.39 is 5.60 Å². The Morgan fingerprint density at radius 2 is 1.38 bits per heavy atom. The van der Waals surface area contributed by atoms with Gasteiger partial charge in [-0.25, -0.2) is 24.7 Å². The molecule has 6 heterocycles. The zero-order valence-electron chi connectivity index (χ0n) is 27.4. The molecule has 2 amide bonds. The van der Waals surface area contributed by atoms with Crippen LogP contribution in [0, 0.1) is 0 Å². The van der Waals surface area contributed by atoms with Gasteiger partial charge < -0.3 is 19.6 Å². The van der Waals surface area contributed by atoms with E-state index in [-0.39, 0.29) is 24.1 Å². The van der Waals surface area contributed by atoms with Gasteiger partial charge in [-0.3, -0.25) is 14.7 Å². The van der Waals surface area contributed by atoms with Gasteiger partial charge in [-0.05, 0) is 63.6 Å². The average molecular weight is 646 g/mol. The van der Waals surface area contributed by atoms with Crippen molar-refractivity contribution in [1.29, 1.82) is 0 Å². The molecule has 2 saturated heterocycles. The normalized spacial score (nSPS) is 18.0. The molecule has 0 saturated carbocycles. The van der Waals surface area contributed by atoms with E-state index in [0.717, 1.165) is 77.5 Å². The van der Waals surface area contributed by atoms with Crippen molar-refractivity contribution in [2.45, 2.75) is 70.6 Å². The van der Waals surface area contributed by atoms with Gasteiger partial charge in [0.25, 0.3) is 0 Å². The Labute approximate surface area is 279 Å². The number of amides is 2. The fraction of sp³-hybridized carbons (Fsp3) is 0.361. The first-order valence-electron chi connectivity index (χ1n) is 16.4. The van der Waals surface area contributed by atoms with E-state index in [1.807, 2.05) is 68.3 Å². The molecule has 0 aliphatic carbocycles. The molecule has 2 atom stereocenters. The number of likely N-dealkylation sites (tertiary alicyclic amines) is 2. The number of hydrogen-bond acceptors (Lipinski definition) is 8. The number of aromatic nitrogens is 7. The largest absolute Gasteiger partial charge is 0.444 e. The first-order valence-corrected chi connectivity index (χ1v) is 16.4. The number of nitrogens with one attached hydrogen (secondary N) is 2. The van der Waals surface area contributed by atoms with Gasteiger partial charge in [0.1, 0.15) is 17.2 Å². The molecule has 48 heavy (non-hydrogen) atoms. The van der Waals surface area contributed by atoms with Crippen molar-refractivity contribution in [3.05, 3.63) is 90.8 Å². The SMILES string of the molecule is CC(C)(C)OC(=O)N1CCC[C@H]1c1ncc(-c2cnc(-c3ccc(-c4cnc([C@@H]5CCCN5C(=O)Cc5cccnc5)[nH]4)cc3)nc2)[nH]1.